The molecule has 0 amide bonds. The van der Waals surface area contributed by atoms with E-state index < -0.39 is 7.92 Å². The Kier molecular flexibility index (Phi) is 4.20. The van der Waals surface area contributed by atoms with Crippen LogP contribution in [0.25, 0.3) is 0 Å². The average molecular weight is 302 g/mol. The molecule has 0 radical (unpaired) electrons. The minimum Gasteiger partial charge on any atom is -0.458 e. The number of hydrogen-bond donors (Lipinski definition) is 2. The van der Waals surface area contributed by atoms with Gasteiger partial charge in [-0.1, -0.05) is 30.3 Å². The first-order valence-electron chi connectivity index (χ1n) is 6.56. The minimum atomic E-state index is -0.971. The Balaban J connectivity index is 2.06. The van der Waals surface area contributed by atoms with Gasteiger partial charge >= 0.3 is 0 Å². The first-order valence-corrected chi connectivity index (χ1v) is 7.90. The standard InChI is InChI=1S/C16H15O4P/c17-10-12-6-8-15(19-12)21(14-4-2-1-3-5-14)16-9-7-13(11-18)20-16/h1-9,17-18H,10-11H2. The molecular formula is C16H15O4P. The summed E-state index contributed by atoms with van der Waals surface area (Å²) >= 11 is 0. The van der Waals surface area contributed by atoms with Gasteiger partial charge in [0, 0.05) is 0 Å². The van der Waals surface area contributed by atoms with Crippen LogP contribution >= 0.6 is 7.92 Å². The summed E-state index contributed by atoms with van der Waals surface area (Å²) in [6.45, 7) is -0.254. The molecule has 3 aromatic rings. The predicted molar refractivity (Wildman–Crippen MR) is 81.5 cm³/mol. The van der Waals surface area contributed by atoms with Crippen molar-refractivity contribution in [3.63, 3.8) is 0 Å². The van der Waals surface area contributed by atoms with Gasteiger partial charge in [-0.05, 0) is 29.6 Å². The van der Waals surface area contributed by atoms with Gasteiger partial charge in [0.15, 0.2) is 0 Å². The highest BCUT2D eigenvalue weighted by atomic mass is 31.1. The van der Waals surface area contributed by atoms with Crippen LogP contribution in [-0.4, -0.2) is 10.2 Å². The van der Waals surface area contributed by atoms with Crippen LogP contribution in [-0.2, 0) is 13.2 Å². The van der Waals surface area contributed by atoms with Gasteiger partial charge in [0.05, 0.1) is 7.92 Å². The maximum absolute atomic E-state index is 9.17. The molecule has 0 bridgehead atoms. The molecule has 3 rings (SSSR count). The first kappa shape index (κ1) is 14.1. The average Bonchev–Trinajstić information content (AvgIpc) is 3.18. The highest BCUT2D eigenvalue weighted by Gasteiger charge is 2.23. The lowest BCUT2D eigenvalue weighted by Crippen LogP contribution is -2.18. The molecule has 1 aromatic carbocycles. The van der Waals surface area contributed by atoms with Crippen molar-refractivity contribution in [3.05, 3.63) is 66.1 Å². The van der Waals surface area contributed by atoms with Gasteiger partial charge in [-0.15, -0.1) is 0 Å². The molecule has 0 aliphatic heterocycles. The van der Waals surface area contributed by atoms with Crippen LogP contribution in [0.1, 0.15) is 11.5 Å². The molecule has 0 unspecified atom stereocenters. The lowest BCUT2D eigenvalue weighted by Gasteiger charge is -2.12. The maximum Gasteiger partial charge on any atom is 0.138 e. The van der Waals surface area contributed by atoms with E-state index in [4.69, 9.17) is 8.83 Å². The third-order valence-corrected chi connectivity index (χ3v) is 5.24. The van der Waals surface area contributed by atoms with E-state index in [1.165, 1.54) is 0 Å². The molecule has 0 saturated carbocycles. The first-order chi connectivity index (χ1) is 10.3. The topological polar surface area (TPSA) is 66.7 Å². The van der Waals surface area contributed by atoms with Crippen LogP contribution in [0.4, 0.5) is 0 Å². The predicted octanol–water partition coefficient (Wildman–Crippen LogP) is 1.62. The third-order valence-electron chi connectivity index (χ3n) is 3.06. The molecule has 21 heavy (non-hydrogen) atoms. The lowest BCUT2D eigenvalue weighted by atomic mass is 10.4. The fourth-order valence-electron chi connectivity index (χ4n) is 2.08. The summed E-state index contributed by atoms with van der Waals surface area (Å²) in [7, 11) is -0.971. The number of hydrogen-bond acceptors (Lipinski definition) is 4. The number of rotatable bonds is 5. The fourth-order valence-corrected chi connectivity index (χ4v) is 4.14. The summed E-state index contributed by atoms with van der Waals surface area (Å²) < 4.78 is 11.4. The van der Waals surface area contributed by atoms with E-state index in [-0.39, 0.29) is 13.2 Å². The summed E-state index contributed by atoms with van der Waals surface area (Å²) in [4.78, 5) is 0. The molecule has 0 aliphatic carbocycles. The Morgan fingerprint density at radius 3 is 1.67 bits per heavy atom. The monoisotopic (exact) mass is 302 g/mol. The zero-order valence-electron chi connectivity index (χ0n) is 11.3. The molecule has 0 aliphatic rings. The zero-order valence-corrected chi connectivity index (χ0v) is 12.2. The highest BCUT2D eigenvalue weighted by molar-refractivity contribution is 7.79. The Labute approximate surface area is 123 Å². The Morgan fingerprint density at radius 1 is 0.714 bits per heavy atom. The van der Waals surface area contributed by atoms with E-state index in [0.717, 1.165) is 16.3 Å². The van der Waals surface area contributed by atoms with E-state index in [1.54, 1.807) is 12.1 Å². The van der Waals surface area contributed by atoms with Gasteiger partial charge in [0.25, 0.3) is 0 Å². The van der Waals surface area contributed by atoms with Crippen molar-refractivity contribution < 1.29 is 19.0 Å². The maximum atomic E-state index is 9.17. The molecule has 2 aromatic heterocycles. The van der Waals surface area contributed by atoms with Crippen molar-refractivity contribution in [2.45, 2.75) is 13.2 Å². The second-order valence-corrected chi connectivity index (χ2v) is 6.54. The van der Waals surface area contributed by atoms with Crippen molar-refractivity contribution in [2.75, 3.05) is 0 Å². The molecule has 4 nitrogen and oxygen atoms in total. The van der Waals surface area contributed by atoms with E-state index >= 15 is 0 Å². The van der Waals surface area contributed by atoms with Crippen LogP contribution in [0.15, 0.2) is 63.4 Å². The summed E-state index contributed by atoms with van der Waals surface area (Å²) in [6, 6.07) is 17.2. The molecule has 0 saturated heterocycles. The van der Waals surface area contributed by atoms with Gasteiger partial charge in [0.2, 0.25) is 0 Å². The van der Waals surface area contributed by atoms with Gasteiger partial charge in [-0.2, -0.15) is 0 Å². The summed E-state index contributed by atoms with van der Waals surface area (Å²) in [5.41, 5.74) is 1.53. The van der Waals surface area contributed by atoms with Crippen LogP contribution in [0.5, 0.6) is 0 Å². The van der Waals surface area contributed by atoms with Crippen molar-refractivity contribution >= 4 is 24.2 Å². The number of furan rings is 2. The quantitative estimate of drug-likeness (QED) is 0.703. The third kappa shape index (κ3) is 2.93. The minimum absolute atomic E-state index is 0.127. The van der Waals surface area contributed by atoms with Crippen LogP contribution < -0.4 is 16.3 Å². The van der Waals surface area contributed by atoms with Crippen molar-refractivity contribution in [2.24, 2.45) is 0 Å². The normalized spacial score (nSPS) is 11.2. The van der Waals surface area contributed by atoms with Crippen molar-refractivity contribution in [1.29, 1.82) is 0 Å². The Hall–Kier alpha value is -1.87. The van der Waals surface area contributed by atoms with Gasteiger partial charge in [0.1, 0.15) is 35.7 Å². The largest absolute Gasteiger partial charge is 0.458 e. The molecule has 2 heterocycles. The second kappa shape index (κ2) is 6.27. The highest BCUT2D eigenvalue weighted by Crippen LogP contribution is 2.34. The zero-order chi connectivity index (χ0) is 14.7. The van der Waals surface area contributed by atoms with Crippen LogP contribution in [0.3, 0.4) is 0 Å². The number of benzene rings is 1. The SMILES string of the molecule is OCc1ccc(P(c2ccccc2)c2ccc(CO)o2)o1. The van der Waals surface area contributed by atoms with Gasteiger partial charge in [-0.25, -0.2) is 0 Å². The lowest BCUT2D eigenvalue weighted by molar-refractivity contribution is 0.249. The molecule has 0 spiro atoms. The van der Waals surface area contributed by atoms with Gasteiger partial charge < -0.3 is 19.0 Å². The summed E-state index contributed by atoms with van der Waals surface area (Å²) in [5, 5.41) is 19.4. The number of aliphatic hydroxyl groups excluding tert-OH is 2. The second-order valence-electron chi connectivity index (χ2n) is 4.47. The number of aliphatic hydroxyl groups is 2. The summed E-state index contributed by atoms with van der Waals surface area (Å²) in [6.07, 6.45) is 0. The molecule has 108 valence electrons. The van der Waals surface area contributed by atoms with Crippen LogP contribution in [0.2, 0.25) is 0 Å². The Morgan fingerprint density at radius 2 is 1.24 bits per heavy atom. The molecule has 0 fully saturated rings. The van der Waals surface area contributed by atoms with E-state index in [9.17, 15) is 10.2 Å². The summed E-state index contributed by atoms with van der Waals surface area (Å²) in [5.74, 6) is 1.06. The van der Waals surface area contributed by atoms with Gasteiger partial charge in [-0.3, -0.25) is 0 Å². The van der Waals surface area contributed by atoms with E-state index in [1.807, 2.05) is 42.5 Å². The Bertz CT molecular complexity index is 660. The molecule has 2 N–H and O–H groups in total. The van der Waals surface area contributed by atoms with Crippen molar-refractivity contribution in [3.8, 4) is 0 Å². The molecular weight excluding hydrogens is 287 g/mol. The van der Waals surface area contributed by atoms with Crippen molar-refractivity contribution in [1.82, 2.24) is 0 Å². The van der Waals surface area contributed by atoms with E-state index in [2.05, 4.69) is 0 Å². The molecule has 5 heteroatoms. The van der Waals surface area contributed by atoms with Crippen LogP contribution in [0, 0.1) is 0 Å². The van der Waals surface area contributed by atoms with E-state index in [0.29, 0.717) is 11.5 Å². The fraction of sp³-hybridized carbons (Fsp3) is 0.125. The molecule has 0 atom stereocenters. The smallest absolute Gasteiger partial charge is 0.138 e.